The van der Waals surface area contributed by atoms with Gasteiger partial charge >= 0.3 is 5.97 Å². The number of fused-ring (bicyclic) bond motifs is 2. The molecule has 0 bridgehead atoms. The Hall–Kier alpha value is -2.30. The van der Waals surface area contributed by atoms with E-state index < -0.39 is 12.0 Å². The number of likely N-dealkylation sites (tertiary alicyclic amines) is 1. The largest absolute Gasteiger partial charge is 0.480 e. The summed E-state index contributed by atoms with van der Waals surface area (Å²) in [5.41, 5.74) is 1.11. The number of carbonyl (C=O) groups excluding carboxylic acids is 1. The van der Waals surface area contributed by atoms with Crippen molar-refractivity contribution in [2.45, 2.75) is 25.3 Å². The third-order valence-electron chi connectivity index (χ3n) is 5.12. The highest BCUT2D eigenvalue weighted by molar-refractivity contribution is 6.07. The van der Waals surface area contributed by atoms with E-state index in [9.17, 15) is 14.7 Å². The van der Waals surface area contributed by atoms with E-state index in [0.29, 0.717) is 23.6 Å². The fourth-order valence-electron chi connectivity index (χ4n) is 4.13. The molecule has 1 aliphatic heterocycles. The summed E-state index contributed by atoms with van der Waals surface area (Å²) in [6, 6.07) is 6.63. The maximum absolute atomic E-state index is 12.9. The van der Waals surface area contributed by atoms with Crippen LogP contribution in [-0.4, -0.2) is 34.5 Å². The van der Waals surface area contributed by atoms with E-state index in [1.54, 1.807) is 6.07 Å². The van der Waals surface area contributed by atoms with Crippen molar-refractivity contribution in [2.24, 2.45) is 11.8 Å². The van der Waals surface area contributed by atoms with E-state index in [1.807, 2.05) is 18.2 Å². The molecule has 3 unspecified atom stereocenters. The number of furan rings is 1. The maximum Gasteiger partial charge on any atom is 0.326 e. The van der Waals surface area contributed by atoms with Gasteiger partial charge < -0.3 is 14.4 Å². The molecule has 5 nitrogen and oxygen atoms in total. The minimum absolute atomic E-state index is 0.0969. The van der Waals surface area contributed by atoms with Crippen LogP contribution < -0.4 is 0 Å². The molecule has 1 amide bonds. The summed E-state index contributed by atoms with van der Waals surface area (Å²) in [7, 11) is 0. The average molecular weight is 299 g/mol. The van der Waals surface area contributed by atoms with Crippen LogP contribution in [0.1, 0.15) is 29.6 Å². The highest BCUT2D eigenvalue weighted by atomic mass is 16.4. The zero-order valence-electron chi connectivity index (χ0n) is 12.1. The van der Waals surface area contributed by atoms with Crippen LogP contribution in [0, 0.1) is 11.8 Å². The van der Waals surface area contributed by atoms with Crippen molar-refractivity contribution in [2.75, 3.05) is 6.54 Å². The second kappa shape index (κ2) is 4.87. The number of rotatable bonds is 2. The number of carbonyl (C=O) groups is 2. The molecule has 5 heteroatoms. The van der Waals surface area contributed by atoms with Gasteiger partial charge in [0.15, 0.2) is 0 Å². The Kier molecular flexibility index (Phi) is 2.96. The normalized spacial score (nSPS) is 27.3. The van der Waals surface area contributed by atoms with Gasteiger partial charge in [-0.05, 0) is 30.7 Å². The van der Waals surface area contributed by atoms with Crippen LogP contribution in [0.5, 0.6) is 0 Å². The van der Waals surface area contributed by atoms with E-state index >= 15 is 0 Å². The minimum atomic E-state index is -0.893. The molecule has 1 saturated heterocycles. The van der Waals surface area contributed by atoms with Crippen molar-refractivity contribution >= 4 is 22.8 Å². The molecule has 1 aromatic heterocycles. The first-order chi connectivity index (χ1) is 10.7. The number of amides is 1. The van der Waals surface area contributed by atoms with Crippen LogP contribution >= 0.6 is 0 Å². The molecule has 1 saturated carbocycles. The van der Waals surface area contributed by atoms with E-state index in [2.05, 4.69) is 0 Å². The number of para-hydroxylation sites is 1. The van der Waals surface area contributed by atoms with Gasteiger partial charge in [-0.25, -0.2) is 4.79 Å². The van der Waals surface area contributed by atoms with Crippen LogP contribution in [0.15, 0.2) is 34.9 Å². The average Bonchev–Trinajstić information content (AvgIpc) is 3.19. The molecule has 0 spiro atoms. The first-order valence-corrected chi connectivity index (χ1v) is 7.67. The summed E-state index contributed by atoms with van der Waals surface area (Å²) < 4.78 is 5.42. The Bertz CT molecular complexity index is 750. The number of benzene rings is 1. The maximum atomic E-state index is 12.9. The summed E-state index contributed by atoms with van der Waals surface area (Å²) in [4.78, 5) is 26.1. The molecule has 1 aromatic carbocycles. The first-order valence-electron chi connectivity index (χ1n) is 7.67. The van der Waals surface area contributed by atoms with Gasteiger partial charge in [-0.1, -0.05) is 24.6 Å². The zero-order valence-corrected chi connectivity index (χ0v) is 12.1. The summed E-state index contributed by atoms with van der Waals surface area (Å²) in [6.07, 6.45) is 4.43. The van der Waals surface area contributed by atoms with E-state index in [4.69, 9.17) is 4.42 Å². The molecule has 1 N–H and O–H groups in total. The second-order valence-electron chi connectivity index (χ2n) is 6.24. The van der Waals surface area contributed by atoms with Gasteiger partial charge in [0.05, 0.1) is 5.56 Å². The molecule has 22 heavy (non-hydrogen) atoms. The van der Waals surface area contributed by atoms with E-state index in [-0.39, 0.29) is 11.8 Å². The highest BCUT2D eigenvalue weighted by Gasteiger charge is 2.49. The summed E-state index contributed by atoms with van der Waals surface area (Å²) in [5.74, 6) is -0.704. The Labute approximate surface area is 127 Å². The Morgan fingerprint density at radius 3 is 2.86 bits per heavy atom. The third kappa shape index (κ3) is 1.85. The molecule has 2 fully saturated rings. The number of nitrogens with zero attached hydrogens (tertiary/aromatic N) is 1. The molecular weight excluding hydrogens is 282 g/mol. The monoisotopic (exact) mass is 299 g/mol. The number of carboxylic acids is 1. The van der Waals surface area contributed by atoms with Gasteiger partial charge in [-0.2, -0.15) is 0 Å². The minimum Gasteiger partial charge on any atom is -0.480 e. The summed E-state index contributed by atoms with van der Waals surface area (Å²) >= 11 is 0. The summed E-state index contributed by atoms with van der Waals surface area (Å²) in [5, 5.41) is 10.3. The molecule has 1 aliphatic carbocycles. The number of hydrogen-bond donors (Lipinski definition) is 1. The fraction of sp³-hybridized carbons (Fsp3) is 0.412. The fourth-order valence-corrected chi connectivity index (χ4v) is 4.13. The molecular formula is C17H17NO4. The van der Waals surface area contributed by atoms with Gasteiger partial charge in [0.2, 0.25) is 0 Å². The van der Waals surface area contributed by atoms with Gasteiger partial charge in [0, 0.05) is 11.9 Å². The SMILES string of the molecule is O=C(O)C1C2CCCC2CN1C(=O)c1coc2ccccc12. The second-order valence-corrected chi connectivity index (χ2v) is 6.24. The van der Waals surface area contributed by atoms with Gasteiger partial charge in [0.1, 0.15) is 17.9 Å². The number of hydrogen-bond acceptors (Lipinski definition) is 3. The lowest BCUT2D eigenvalue weighted by atomic mass is 9.94. The van der Waals surface area contributed by atoms with Crippen molar-refractivity contribution in [1.29, 1.82) is 0 Å². The van der Waals surface area contributed by atoms with Crippen LogP contribution in [0.3, 0.4) is 0 Å². The van der Waals surface area contributed by atoms with Crippen molar-refractivity contribution in [3.63, 3.8) is 0 Å². The van der Waals surface area contributed by atoms with Crippen molar-refractivity contribution in [3.8, 4) is 0 Å². The molecule has 2 aliphatic rings. The molecule has 114 valence electrons. The van der Waals surface area contributed by atoms with Crippen molar-refractivity contribution < 1.29 is 19.1 Å². The zero-order chi connectivity index (χ0) is 15.3. The van der Waals surface area contributed by atoms with Gasteiger partial charge in [0.25, 0.3) is 5.91 Å². The molecule has 0 radical (unpaired) electrons. The molecule has 2 aromatic rings. The van der Waals surface area contributed by atoms with Crippen LogP contribution in [-0.2, 0) is 4.79 Å². The lowest BCUT2D eigenvalue weighted by molar-refractivity contribution is -0.142. The van der Waals surface area contributed by atoms with Crippen molar-refractivity contribution in [1.82, 2.24) is 4.90 Å². The molecule has 4 rings (SSSR count). The van der Waals surface area contributed by atoms with Gasteiger partial charge in [-0.3, -0.25) is 4.79 Å². The van der Waals surface area contributed by atoms with Crippen LogP contribution in [0.2, 0.25) is 0 Å². The standard InChI is InChI=1S/C17H17NO4/c19-16(13-9-22-14-7-2-1-5-12(13)14)18-8-10-4-3-6-11(10)15(18)17(20)21/h1-2,5,7,9-11,15H,3-4,6,8H2,(H,20,21). The number of carboxylic acid groups (broad SMARTS) is 1. The number of aliphatic carboxylic acids is 1. The Balaban J connectivity index is 1.71. The lowest BCUT2D eigenvalue weighted by Gasteiger charge is -2.24. The van der Waals surface area contributed by atoms with E-state index in [1.165, 1.54) is 11.2 Å². The third-order valence-corrected chi connectivity index (χ3v) is 5.12. The summed E-state index contributed by atoms with van der Waals surface area (Å²) in [6.45, 7) is 0.542. The lowest BCUT2D eigenvalue weighted by Crippen LogP contribution is -2.43. The van der Waals surface area contributed by atoms with Crippen LogP contribution in [0.4, 0.5) is 0 Å². The smallest absolute Gasteiger partial charge is 0.326 e. The van der Waals surface area contributed by atoms with Crippen molar-refractivity contribution in [3.05, 3.63) is 36.1 Å². The highest BCUT2D eigenvalue weighted by Crippen LogP contribution is 2.43. The predicted octanol–water partition coefficient (Wildman–Crippen LogP) is 2.76. The van der Waals surface area contributed by atoms with E-state index in [0.717, 1.165) is 24.6 Å². The topological polar surface area (TPSA) is 70.8 Å². The van der Waals surface area contributed by atoms with Crippen LogP contribution in [0.25, 0.3) is 11.0 Å². The molecule has 3 atom stereocenters. The predicted molar refractivity (Wildman–Crippen MR) is 79.5 cm³/mol. The Morgan fingerprint density at radius 1 is 1.23 bits per heavy atom. The Morgan fingerprint density at radius 2 is 2.05 bits per heavy atom. The quantitative estimate of drug-likeness (QED) is 0.925. The van der Waals surface area contributed by atoms with Gasteiger partial charge in [-0.15, -0.1) is 0 Å². The first kappa shape index (κ1) is 13.4. The molecule has 2 heterocycles.